The highest BCUT2D eigenvalue weighted by molar-refractivity contribution is 5.65. The second kappa shape index (κ2) is 5.76. The minimum absolute atomic E-state index is 0.187. The van der Waals surface area contributed by atoms with Gasteiger partial charge in [0.15, 0.2) is 0 Å². The Hall–Kier alpha value is -1.67. The first-order valence-electron chi connectivity index (χ1n) is 7.37. The van der Waals surface area contributed by atoms with Crippen molar-refractivity contribution in [2.45, 2.75) is 31.6 Å². The van der Waals surface area contributed by atoms with Crippen LogP contribution in [0.4, 0.5) is 4.39 Å². The van der Waals surface area contributed by atoms with Crippen LogP contribution in [-0.4, -0.2) is 6.54 Å². The van der Waals surface area contributed by atoms with E-state index in [4.69, 9.17) is 5.73 Å². The lowest BCUT2D eigenvalue weighted by Gasteiger charge is -2.26. The molecule has 0 bridgehead atoms. The minimum atomic E-state index is -0.187. The van der Waals surface area contributed by atoms with Crippen LogP contribution in [0.15, 0.2) is 42.5 Å². The number of benzene rings is 2. The summed E-state index contributed by atoms with van der Waals surface area (Å²) in [6.45, 7) is 0.741. The maximum Gasteiger partial charge on any atom is 0.123 e. The van der Waals surface area contributed by atoms with E-state index in [-0.39, 0.29) is 5.82 Å². The highest BCUT2D eigenvalue weighted by Gasteiger charge is 2.20. The van der Waals surface area contributed by atoms with Crippen LogP contribution in [0.1, 0.15) is 36.3 Å². The van der Waals surface area contributed by atoms with Crippen molar-refractivity contribution in [1.82, 2.24) is 0 Å². The van der Waals surface area contributed by atoms with Crippen LogP contribution in [0.2, 0.25) is 0 Å². The molecule has 1 aliphatic carbocycles. The van der Waals surface area contributed by atoms with E-state index in [0.29, 0.717) is 5.92 Å². The molecule has 1 unspecified atom stereocenters. The number of aryl methyl sites for hydroxylation is 1. The molecule has 1 nitrogen and oxygen atoms in total. The van der Waals surface area contributed by atoms with Gasteiger partial charge in [-0.15, -0.1) is 0 Å². The van der Waals surface area contributed by atoms with Crippen molar-refractivity contribution >= 4 is 0 Å². The van der Waals surface area contributed by atoms with Crippen LogP contribution in [0.5, 0.6) is 0 Å². The first kappa shape index (κ1) is 13.3. The highest BCUT2D eigenvalue weighted by atomic mass is 19.1. The Morgan fingerprint density at radius 3 is 2.55 bits per heavy atom. The Morgan fingerprint density at radius 2 is 1.80 bits per heavy atom. The molecule has 2 aromatic rings. The largest absolute Gasteiger partial charge is 0.330 e. The van der Waals surface area contributed by atoms with E-state index in [2.05, 4.69) is 18.2 Å². The molecule has 0 heterocycles. The van der Waals surface area contributed by atoms with E-state index >= 15 is 0 Å². The van der Waals surface area contributed by atoms with Gasteiger partial charge in [0.1, 0.15) is 5.82 Å². The normalized spacial score (nSPS) is 17.8. The van der Waals surface area contributed by atoms with Gasteiger partial charge in [-0.3, -0.25) is 0 Å². The van der Waals surface area contributed by atoms with Crippen LogP contribution in [0.25, 0.3) is 11.1 Å². The second-order valence-corrected chi connectivity index (χ2v) is 5.59. The van der Waals surface area contributed by atoms with Gasteiger partial charge in [-0.25, -0.2) is 4.39 Å². The maximum atomic E-state index is 13.0. The van der Waals surface area contributed by atoms with E-state index in [1.807, 2.05) is 12.1 Å². The summed E-state index contributed by atoms with van der Waals surface area (Å²) in [6, 6.07) is 13.4. The van der Waals surface area contributed by atoms with E-state index in [9.17, 15) is 4.39 Å². The van der Waals surface area contributed by atoms with Gasteiger partial charge in [-0.2, -0.15) is 0 Å². The van der Waals surface area contributed by atoms with Crippen molar-refractivity contribution in [3.05, 3.63) is 59.4 Å². The SMILES string of the molecule is NCCC1CCCc2ccc(-c3ccc(F)cc3)cc21. The quantitative estimate of drug-likeness (QED) is 0.885. The van der Waals surface area contributed by atoms with Gasteiger partial charge in [0.25, 0.3) is 0 Å². The Bertz CT molecular complexity index is 589. The van der Waals surface area contributed by atoms with Crippen LogP contribution in [0, 0.1) is 5.82 Å². The summed E-state index contributed by atoms with van der Waals surface area (Å²) in [7, 11) is 0. The molecule has 20 heavy (non-hydrogen) atoms. The first-order valence-corrected chi connectivity index (χ1v) is 7.37. The smallest absolute Gasteiger partial charge is 0.123 e. The zero-order valence-electron chi connectivity index (χ0n) is 11.6. The summed E-state index contributed by atoms with van der Waals surface area (Å²) in [5.41, 5.74) is 10.9. The fraction of sp³-hybridized carbons (Fsp3) is 0.333. The molecule has 0 fully saturated rings. The molecular formula is C18H20FN. The zero-order chi connectivity index (χ0) is 13.9. The third-order valence-corrected chi connectivity index (χ3v) is 4.28. The van der Waals surface area contributed by atoms with Gasteiger partial charge >= 0.3 is 0 Å². The molecule has 0 radical (unpaired) electrons. The third kappa shape index (κ3) is 2.61. The van der Waals surface area contributed by atoms with Crippen LogP contribution < -0.4 is 5.73 Å². The lowest BCUT2D eigenvalue weighted by atomic mass is 9.80. The molecule has 1 aliphatic rings. The molecule has 0 saturated heterocycles. The molecule has 3 rings (SSSR count). The summed E-state index contributed by atoms with van der Waals surface area (Å²) in [5, 5.41) is 0. The number of hydrogen-bond donors (Lipinski definition) is 1. The second-order valence-electron chi connectivity index (χ2n) is 5.59. The average molecular weight is 269 g/mol. The van der Waals surface area contributed by atoms with Crippen molar-refractivity contribution in [2.75, 3.05) is 6.54 Å². The van der Waals surface area contributed by atoms with Crippen molar-refractivity contribution < 1.29 is 4.39 Å². The lowest BCUT2D eigenvalue weighted by molar-refractivity contribution is 0.526. The number of halogens is 1. The Kier molecular flexibility index (Phi) is 3.83. The molecule has 0 spiro atoms. The molecule has 0 saturated carbocycles. The monoisotopic (exact) mass is 269 g/mol. The van der Waals surface area contributed by atoms with Crippen molar-refractivity contribution in [2.24, 2.45) is 5.73 Å². The van der Waals surface area contributed by atoms with Crippen molar-refractivity contribution in [3.63, 3.8) is 0 Å². The molecule has 2 N–H and O–H groups in total. The lowest BCUT2D eigenvalue weighted by Crippen LogP contribution is -2.14. The molecular weight excluding hydrogens is 249 g/mol. The van der Waals surface area contributed by atoms with E-state index in [0.717, 1.165) is 18.5 Å². The fourth-order valence-corrected chi connectivity index (χ4v) is 3.22. The molecule has 0 aromatic heterocycles. The van der Waals surface area contributed by atoms with Gasteiger partial charge in [0.05, 0.1) is 0 Å². The van der Waals surface area contributed by atoms with Crippen LogP contribution >= 0.6 is 0 Å². The standard InChI is InChI=1S/C18H20FN/c19-17-8-6-13(7-9-17)16-5-4-14-2-1-3-15(10-11-20)18(14)12-16/h4-9,12,15H,1-3,10-11,20H2. The molecule has 0 amide bonds. The first-order chi connectivity index (χ1) is 9.78. The average Bonchev–Trinajstić information content (AvgIpc) is 2.48. The summed E-state index contributed by atoms with van der Waals surface area (Å²) in [6.07, 6.45) is 4.71. The number of fused-ring (bicyclic) bond motifs is 1. The topological polar surface area (TPSA) is 26.0 Å². The minimum Gasteiger partial charge on any atom is -0.330 e. The van der Waals surface area contributed by atoms with Crippen molar-refractivity contribution in [3.8, 4) is 11.1 Å². The fourth-order valence-electron chi connectivity index (χ4n) is 3.22. The summed E-state index contributed by atoms with van der Waals surface area (Å²) < 4.78 is 13.0. The zero-order valence-corrected chi connectivity index (χ0v) is 11.6. The Morgan fingerprint density at radius 1 is 1.05 bits per heavy atom. The Labute approximate surface area is 119 Å². The van der Waals surface area contributed by atoms with Gasteiger partial charge in [-0.05, 0) is 72.5 Å². The van der Waals surface area contributed by atoms with Gasteiger partial charge in [-0.1, -0.05) is 30.3 Å². The van der Waals surface area contributed by atoms with Gasteiger partial charge in [0, 0.05) is 0 Å². The Balaban J connectivity index is 1.98. The third-order valence-electron chi connectivity index (χ3n) is 4.28. The van der Waals surface area contributed by atoms with Crippen molar-refractivity contribution in [1.29, 1.82) is 0 Å². The predicted molar refractivity (Wildman–Crippen MR) is 81.2 cm³/mol. The molecule has 2 aromatic carbocycles. The van der Waals surface area contributed by atoms with Gasteiger partial charge in [0.2, 0.25) is 0 Å². The van der Waals surface area contributed by atoms with E-state index in [1.165, 1.54) is 48.1 Å². The molecule has 1 atom stereocenters. The molecule has 104 valence electrons. The van der Waals surface area contributed by atoms with Gasteiger partial charge < -0.3 is 5.73 Å². The summed E-state index contributed by atoms with van der Waals surface area (Å²) in [4.78, 5) is 0. The summed E-state index contributed by atoms with van der Waals surface area (Å²) in [5.74, 6) is 0.400. The summed E-state index contributed by atoms with van der Waals surface area (Å²) >= 11 is 0. The molecule has 0 aliphatic heterocycles. The van der Waals surface area contributed by atoms with Crippen LogP contribution in [0.3, 0.4) is 0 Å². The highest BCUT2D eigenvalue weighted by Crippen LogP contribution is 2.36. The van der Waals surface area contributed by atoms with E-state index < -0.39 is 0 Å². The number of nitrogens with two attached hydrogens (primary N) is 1. The van der Waals surface area contributed by atoms with E-state index in [1.54, 1.807) is 0 Å². The molecule has 2 heteroatoms. The predicted octanol–water partition coefficient (Wildman–Crippen LogP) is 4.26. The number of rotatable bonds is 3. The maximum absolute atomic E-state index is 13.0. The van der Waals surface area contributed by atoms with Crippen LogP contribution in [-0.2, 0) is 6.42 Å². The number of hydrogen-bond acceptors (Lipinski definition) is 1.